The van der Waals surface area contributed by atoms with E-state index < -0.39 is 11.7 Å². The Kier molecular flexibility index (Phi) is 3.71. The van der Waals surface area contributed by atoms with E-state index in [9.17, 15) is 18.0 Å². The number of amides is 1. The molecule has 1 aromatic carbocycles. The van der Waals surface area contributed by atoms with Gasteiger partial charge >= 0.3 is 12.6 Å². The summed E-state index contributed by atoms with van der Waals surface area (Å²) in [6.07, 6.45) is -2.50. The highest BCUT2D eigenvalue weighted by Crippen LogP contribution is 2.29. The van der Waals surface area contributed by atoms with E-state index in [4.69, 9.17) is 0 Å². The van der Waals surface area contributed by atoms with Crippen LogP contribution in [0.15, 0.2) is 24.3 Å². The molecule has 0 atom stereocenters. The second-order valence-corrected chi connectivity index (χ2v) is 2.98. The summed E-state index contributed by atoms with van der Waals surface area (Å²) in [4.78, 5) is 9.81. The van der Waals surface area contributed by atoms with Gasteiger partial charge in [-0.3, -0.25) is 4.79 Å². The van der Waals surface area contributed by atoms with Crippen molar-refractivity contribution in [1.29, 1.82) is 0 Å². The normalized spacial score (nSPS) is 11.1. The molecule has 0 bridgehead atoms. The van der Waals surface area contributed by atoms with Crippen molar-refractivity contribution in [2.45, 2.75) is 12.6 Å². The van der Waals surface area contributed by atoms with E-state index in [0.29, 0.717) is 12.0 Å². The van der Waals surface area contributed by atoms with Crippen LogP contribution in [0, 0.1) is 0 Å². The van der Waals surface area contributed by atoms with E-state index in [1.165, 1.54) is 12.5 Å². The lowest BCUT2D eigenvalue weighted by Gasteiger charge is -2.08. The van der Waals surface area contributed by atoms with Crippen molar-refractivity contribution in [3.8, 4) is 0 Å². The van der Waals surface area contributed by atoms with E-state index in [1.807, 2.05) is 0 Å². The van der Waals surface area contributed by atoms with Gasteiger partial charge in [0.1, 0.15) is 0 Å². The van der Waals surface area contributed by atoms with E-state index in [2.05, 4.69) is 5.32 Å². The summed E-state index contributed by atoms with van der Waals surface area (Å²) in [5.74, 6) is 0. The standard InChI is InChI=1S/C10H9F3NO/c11-10(12,13)9-3-1-2-8(6-9)4-5-14-7-15/h1-3,6H,4-5H2,(H,14,15). The number of rotatable bonds is 4. The van der Waals surface area contributed by atoms with Crippen LogP contribution < -0.4 is 5.32 Å². The first-order chi connectivity index (χ1) is 7.04. The molecule has 0 aliphatic heterocycles. The van der Waals surface area contributed by atoms with Gasteiger partial charge in [-0.05, 0) is 18.1 Å². The second-order valence-electron chi connectivity index (χ2n) is 2.98. The third-order valence-corrected chi connectivity index (χ3v) is 1.87. The van der Waals surface area contributed by atoms with Gasteiger partial charge in [0.2, 0.25) is 0 Å². The number of carbonyl (C=O) groups excluding carboxylic acids is 1. The van der Waals surface area contributed by atoms with Crippen LogP contribution in [0.25, 0.3) is 0 Å². The van der Waals surface area contributed by atoms with Crippen LogP contribution in [0.1, 0.15) is 11.1 Å². The molecule has 1 amide bonds. The molecule has 1 N–H and O–H groups in total. The molecular formula is C10H9F3NO. The van der Waals surface area contributed by atoms with Gasteiger partial charge < -0.3 is 5.32 Å². The van der Waals surface area contributed by atoms with Crippen LogP contribution in [0.3, 0.4) is 0 Å². The summed E-state index contributed by atoms with van der Waals surface area (Å²) in [5, 5.41) is 2.27. The zero-order valence-corrected chi connectivity index (χ0v) is 7.77. The molecule has 15 heavy (non-hydrogen) atoms. The number of alkyl halides is 3. The van der Waals surface area contributed by atoms with E-state index >= 15 is 0 Å². The monoisotopic (exact) mass is 216 g/mol. The first-order valence-electron chi connectivity index (χ1n) is 4.30. The summed E-state index contributed by atoms with van der Waals surface area (Å²) in [7, 11) is 0. The van der Waals surface area contributed by atoms with Crippen molar-refractivity contribution in [1.82, 2.24) is 5.32 Å². The van der Waals surface area contributed by atoms with Gasteiger partial charge in [0.05, 0.1) is 5.56 Å². The molecule has 0 aliphatic rings. The smallest absolute Gasteiger partial charge is 0.348 e. The van der Waals surface area contributed by atoms with Crippen molar-refractivity contribution in [3.05, 3.63) is 35.4 Å². The number of benzene rings is 1. The lowest BCUT2D eigenvalue weighted by molar-refractivity contribution is -0.137. The topological polar surface area (TPSA) is 29.1 Å². The third-order valence-electron chi connectivity index (χ3n) is 1.87. The van der Waals surface area contributed by atoms with Gasteiger partial charge in [0, 0.05) is 6.54 Å². The molecular weight excluding hydrogens is 207 g/mol. The van der Waals surface area contributed by atoms with Gasteiger partial charge in [0.15, 0.2) is 0 Å². The predicted molar refractivity (Wildman–Crippen MR) is 48.8 cm³/mol. The summed E-state index contributed by atoms with van der Waals surface area (Å²) < 4.78 is 36.8. The number of hydrogen-bond donors (Lipinski definition) is 1. The molecule has 0 heterocycles. The number of hydrogen-bond acceptors (Lipinski definition) is 1. The highest BCUT2D eigenvalue weighted by Gasteiger charge is 2.30. The van der Waals surface area contributed by atoms with E-state index in [0.717, 1.165) is 12.1 Å². The van der Waals surface area contributed by atoms with Crippen molar-refractivity contribution < 1.29 is 18.0 Å². The van der Waals surface area contributed by atoms with Crippen LogP contribution in [-0.2, 0) is 17.4 Å². The van der Waals surface area contributed by atoms with Crippen LogP contribution in [-0.4, -0.2) is 13.0 Å². The lowest BCUT2D eigenvalue weighted by Crippen LogP contribution is -2.14. The van der Waals surface area contributed by atoms with Crippen LogP contribution in [0.5, 0.6) is 0 Å². The van der Waals surface area contributed by atoms with Gasteiger partial charge in [-0.15, -0.1) is 0 Å². The number of halogens is 3. The zero-order valence-electron chi connectivity index (χ0n) is 7.77. The summed E-state index contributed by atoms with van der Waals surface area (Å²) in [6, 6.07) is 5.03. The highest BCUT2D eigenvalue weighted by molar-refractivity contribution is 5.47. The molecule has 81 valence electrons. The average molecular weight is 216 g/mol. The predicted octanol–water partition coefficient (Wildman–Crippen LogP) is 1.90. The molecule has 1 aromatic rings. The molecule has 0 saturated carbocycles. The Morgan fingerprint density at radius 3 is 2.67 bits per heavy atom. The van der Waals surface area contributed by atoms with Crippen molar-refractivity contribution in [2.24, 2.45) is 0 Å². The minimum absolute atomic E-state index is 0.283. The fourth-order valence-electron chi connectivity index (χ4n) is 1.16. The maximum Gasteiger partial charge on any atom is 0.416 e. The highest BCUT2D eigenvalue weighted by atomic mass is 19.4. The Morgan fingerprint density at radius 2 is 2.07 bits per heavy atom. The summed E-state index contributed by atoms with van der Waals surface area (Å²) in [5.41, 5.74) is -0.136. The molecule has 1 radical (unpaired) electrons. The van der Waals surface area contributed by atoms with Crippen LogP contribution in [0.4, 0.5) is 13.2 Å². The van der Waals surface area contributed by atoms with Gasteiger partial charge in [-0.1, -0.05) is 18.2 Å². The molecule has 0 spiro atoms. The molecule has 0 fully saturated rings. The minimum atomic E-state index is -4.32. The Balaban J connectivity index is 2.70. The first-order valence-corrected chi connectivity index (χ1v) is 4.30. The van der Waals surface area contributed by atoms with E-state index in [1.54, 1.807) is 6.07 Å². The second kappa shape index (κ2) is 4.82. The van der Waals surface area contributed by atoms with Crippen molar-refractivity contribution >= 4 is 6.41 Å². The maximum atomic E-state index is 12.3. The van der Waals surface area contributed by atoms with E-state index in [-0.39, 0.29) is 6.54 Å². The van der Waals surface area contributed by atoms with Crippen molar-refractivity contribution in [3.63, 3.8) is 0 Å². The molecule has 0 unspecified atom stereocenters. The average Bonchev–Trinajstić information content (AvgIpc) is 2.17. The third kappa shape index (κ3) is 3.61. The lowest BCUT2D eigenvalue weighted by atomic mass is 10.1. The van der Waals surface area contributed by atoms with Crippen LogP contribution in [0.2, 0.25) is 0 Å². The Morgan fingerprint density at radius 1 is 1.33 bits per heavy atom. The summed E-state index contributed by atoms with van der Waals surface area (Å²) in [6.45, 7) is 0.283. The largest absolute Gasteiger partial charge is 0.416 e. The first kappa shape index (κ1) is 11.6. The van der Waals surface area contributed by atoms with Gasteiger partial charge in [-0.25, -0.2) is 0 Å². The Bertz CT molecular complexity index is 336. The molecule has 0 aliphatic carbocycles. The molecule has 1 rings (SSSR count). The Hall–Kier alpha value is -1.52. The number of nitrogens with one attached hydrogen (secondary N) is 1. The SMILES string of the molecule is O=[C]NCCc1cccc(C(F)(F)F)c1. The molecule has 5 heteroatoms. The molecule has 0 saturated heterocycles. The zero-order chi connectivity index (χ0) is 11.3. The van der Waals surface area contributed by atoms with Crippen LogP contribution >= 0.6 is 0 Å². The quantitative estimate of drug-likeness (QED) is 0.604. The van der Waals surface area contributed by atoms with Gasteiger partial charge in [0.25, 0.3) is 0 Å². The Labute approximate surface area is 85.1 Å². The van der Waals surface area contributed by atoms with Gasteiger partial charge in [-0.2, -0.15) is 13.2 Å². The maximum absolute atomic E-state index is 12.3. The fourth-order valence-corrected chi connectivity index (χ4v) is 1.16. The summed E-state index contributed by atoms with van der Waals surface area (Å²) >= 11 is 0. The molecule has 2 nitrogen and oxygen atoms in total. The molecule has 0 aromatic heterocycles. The fraction of sp³-hybridized carbons (Fsp3) is 0.300. The minimum Gasteiger partial charge on any atom is -0.348 e. The van der Waals surface area contributed by atoms with Crippen molar-refractivity contribution in [2.75, 3.05) is 6.54 Å².